The molecule has 0 saturated carbocycles. The van der Waals surface area contributed by atoms with Crippen LogP contribution in [-0.2, 0) is 25.6 Å². The van der Waals surface area contributed by atoms with Gasteiger partial charge in [0.1, 0.15) is 11.4 Å². The molecule has 0 spiro atoms. The maximum absolute atomic E-state index is 14.4. The minimum atomic E-state index is -1.51. The van der Waals surface area contributed by atoms with E-state index in [1.165, 1.54) is 0 Å². The van der Waals surface area contributed by atoms with Crippen LogP contribution in [0, 0.1) is 0 Å². The number of aliphatic imine (C=N–C) groups is 1. The number of aliphatic hydroxyl groups excluding tert-OH is 1. The van der Waals surface area contributed by atoms with Crippen LogP contribution < -0.4 is 15.6 Å². The molecule has 1 heterocycles. The third kappa shape index (κ3) is 8.57. The zero-order valence-corrected chi connectivity index (χ0v) is 28.4. The van der Waals surface area contributed by atoms with Crippen LogP contribution in [0.3, 0.4) is 0 Å². The zero-order chi connectivity index (χ0) is 33.4. The summed E-state index contributed by atoms with van der Waals surface area (Å²) in [5.41, 5.74) is 6.20. The quantitative estimate of drug-likeness (QED) is 0.0821. The van der Waals surface area contributed by atoms with Crippen LogP contribution in [-0.4, -0.2) is 47.2 Å². The highest BCUT2D eigenvalue weighted by Gasteiger charge is 2.53. The summed E-state index contributed by atoms with van der Waals surface area (Å²) in [5.74, 6) is 0.0363. The van der Waals surface area contributed by atoms with Gasteiger partial charge in [0, 0.05) is 36.0 Å². The second-order valence-electron chi connectivity index (χ2n) is 12.4. The van der Waals surface area contributed by atoms with E-state index < -0.39 is 29.1 Å². The summed E-state index contributed by atoms with van der Waals surface area (Å²) in [6, 6.07) is 28.8. The first-order valence-electron chi connectivity index (χ1n) is 15.7. The smallest absolute Gasteiger partial charge is 0.306 e. The van der Waals surface area contributed by atoms with Gasteiger partial charge in [0.2, 0.25) is 5.90 Å². The average Bonchev–Trinajstić information content (AvgIpc) is 3.45. The summed E-state index contributed by atoms with van der Waals surface area (Å²) in [6.07, 6.45) is -0.335. The van der Waals surface area contributed by atoms with Gasteiger partial charge in [0.25, 0.3) is 5.91 Å². The van der Waals surface area contributed by atoms with Gasteiger partial charge in [-0.3, -0.25) is 15.0 Å². The van der Waals surface area contributed by atoms with Gasteiger partial charge in [-0.05, 0) is 85.5 Å². The predicted octanol–water partition coefficient (Wildman–Crippen LogP) is 6.56. The topological polar surface area (TPSA) is 118 Å². The summed E-state index contributed by atoms with van der Waals surface area (Å²) in [5, 5.41) is 11.2. The predicted molar refractivity (Wildman–Crippen MR) is 185 cm³/mol. The van der Waals surface area contributed by atoms with Gasteiger partial charge < -0.3 is 19.3 Å². The molecule has 0 aromatic heterocycles. The highest BCUT2D eigenvalue weighted by atomic mass is 79.9. The SMILES string of the molecule is CC(C)(C)OC(=O)CC[C@]1(C(=O)NNCc2cccc3ccccc23)N=C(c2ccc(OCCCO)cc2)O[C@H]1c1ccc(Br)cc1. The van der Waals surface area contributed by atoms with Crippen molar-refractivity contribution < 1.29 is 28.9 Å². The Morgan fingerprint density at radius 3 is 2.43 bits per heavy atom. The Bertz CT molecular complexity index is 1710. The molecule has 0 aliphatic carbocycles. The van der Waals surface area contributed by atoms with Crippen LogP contribution in [0.5, 0.6) is 5.75 Å². The van der Waals surface area contributed by atoms with Crippen molar-refractivity contribution >= 4 is 44.5 Å². The summed E-state index contributed by atoms with van der Waals surface area (Å²) < 4.78 is 18.7. The van der Waals surface area contributed by atoms with Crippen molar-refractivity contribution in [1.29, 1.82) is 0 Å². The standard InChI is InChI=1S/C37H40BrN3O6/c1-36(2,3)47-32(43)20-21-37(35(44)41-39-24-28-10-6-9-25-8-4-5-11-31(25)28)33(26-12-16-29(38)17-13-26)46-34(40-37)27-14-18-30(19-15-27)45-23-7-22-42/h4-6,8-19,33,39,42H,7,20-24H2,1-3H3,(H,41,44)/t33-,37-/m0/s1. The number of ether oxygens (including phenoxy) is 3. The third-order valence-corrected chi connectivity index (χ3v) is 8.22. The van der Waals surface area contributed by atoms with Crippen molar-refractivity contribution in [1.82, 2.24) is 10.9 Å². The number of carbonyl (C=O) groups is 2. The monoisotopic (exact) mass is 701 g/mol. The molecule has 1 amide bonds. The normalized spacial score (nSPS) is 17.6. The number of benzene rings is 4. The van der Waals surface area contributed by atoms with Gasteiger partial charge in [-0.15, -0.1) is 0 Å². The Labute approximate surface area is 283 Å². The van der Waals surface area contributed by atoms with Crippen LogP contribution >= 0.6 is 15.9 Å². The molecule has 2 atom stereocenters. The number of hydrogen-bond acceptors (Lipinski definition) is 8. The molecule has 47 heavy (non-hydrogen) atoms. The second kappa shape index (κ2) is 15.1. The van der Waals surface area contributed by atoms with Gasteiger partial charge in [-0.2, -0.15) is 0 Å². The molecule has 9 nitrogen and oxygen atoms in total. The van der Waals surface area contributed by atoms with E-state index in [1.54, 1.807) is 32.9 Å². The van der Waals surface area contributed by atoms with E-state index >= 15 is 0 Å². The number of halogens is 1. The van der Waals surface area contributed by atoms with Crippen molar-refractivity contribution in [3.8, 4) is 5.75 Å². The molecule has 1 aliphatic rings. The van der Waals surface area contributed by atoms with Crippen molar-refractivity contribution in [2.75, 3.05) is 13.2 Å². The first-order valence-corrected chi connectivity index (χ1v) is 16.5. The number of carbonyl (C=O) groups excluding carboxylic acids is 2. The number of esters is 1. The van der Waals surface area contributed by atoms with E-state index in [-0.39, 0.29) is 25.3 Å². The van der Waals surface area contributed by atoms with Gasteiger partial charge in [-0.25, -0.2) is 10.4 Å². The van der Waals surface area contributed by atoms with Crippen LogP contribution in [0.25, 0.3) is 10.8 Å². The Hall–Kier alpha value is -4.25. The third-order valence-electron chi connectivity index (χ3n) is 7.69. The highest BCUT2D eigenvalue weighted by Crippen LogP contribution is 2.43. The average molecular weight is 703 g/mol. The van der Waals surface area contributed by atoms with E-state index in [9.17, 15) is 9.59 Å². The van der Waals surface area contributed by atoms with Gasteiger partial charge >= 0.3 is 5.97 Å². The summed E-state index contributed by atoms with van der Waals surface area (Å²) in [6.45, 7) is 6.22. The Kier molecular flexibility index (Phi) is 11.0. The summed E-state index contributed by atoms with van der Waals surface area (Å²) in [7, 11) is 0. The second-order valence-corrected chi connectivity index (χ2v) is 13.3. The molecular weight excluding hydrogens is 662 g/mol. The van der Waals surface area contributed by atoms with Crippen molar-refractivity contribution in [2.24, 2.45) is 4.99 Å². The molecule has 10 heteroatoms. The number of rotatable bonds is 13. The Balaban J connectivity index is 1.47. The van der Waals surface area contributed by atoms with Crippen molar-refractivity contribution in [3.63, 3.8) is 0 Å². The maximum Gasteiger partial charge on any atom is 0.306 e. The molecule has 246 valence electrons. The van der Waals surface area contributed by atoms with Gasteiger partial charge in [0.05, 0.1) is 6.61 Å². The van der Waals surface area contributed by atoms with Crippen molar-refractivity contribution in [3.05, 3.63) is 112 Å². The van der Waals surface area contributed by atoms with E-state index in [0.29, 0.717) is 30.9 Å². The zero-order valence-electron chi connectivity index (χ0n) is 26.8. The fourth-order valence-electron chi connectivity index (χ4n) is 5.47. The minimum absolute atomic E-state index is 0.0380. The molecule has 1 aliphatic heterocycles. The lowest BCUT2D eigenvalue weighted by Crippen LogP contribution is -2.52. The van der Waals surface area contributed by atoms with Gasteiger partial charge in [0.15, 0.2) is 11.6 Å². The fraction of sp³-hybridized carbons (Fsp3) is 0.324. The van der Waals surface area contributed by atoms with E-state index in [4.69, 9.17) is 24.3 Å². The molecule has 0 unspecified atom stereocenters. The molecule has 0 saturated heterocycles. The first kappa shape index (κ1) is 34.1. The largest absolute Gasteiger partial charge is 0.494 e. The summed E-state index contributed by atoms with van der Waals surface area (Å²) >= 11 is 3.49. The molecule has 0 fully saturated rings. The number of hydrogen-bond donors (Lipinski definition) is 3. The van der Waals surface area contributed by atoms with E-state index in [0.717, 1.165) is 26.4 Å². The number of nitrogens with one attached hydrogen (secondary N) is 2. The van der Waals surface area contributed by atoms with Crippen LogP contribution in [0.2, 0.25) is 0 Å². The lowest BCUT2D eigenvalue weighted by atomic mass is 9.83. The molecule has 4 aromatic carbocycles. The molecule has 4 aromatic rings. The maximum atomic E-state index is 14.4. The van der Waals surface area contributed by atoms with Gasteiger partial charge in [-0.1, -0.05) is 70.5 Å². The Morgan fingerprint density at radius 1 is 0.979 bits per heavy atom. The van der Waals surface area contributed by atoms with E-state index in [1.807, 2.05) is 78.9 Å². The molecule has 5 rings (SSSR count). The number of aliphatic hydroxyl groups is 1. The molecule has 0 radical (unpaired) electrons. The first-order chi connectivity index (χ1) is 22.6. The highest BCUT2D eigenvalue weighted by molar-refractivity contribution is 9.10. The minimum Gasteiger partial charge on any atom is -0.494 e. The number of nitrogens with zero attached hydrogens (tertiary/aromatic N) is 1. The fourth-order valence-corrected chi connectivity index (χ4v) is 5.73. The lowest BCUT2D eigenvalue weighted by molar-refractivity contribution is -0.155. The Morgan fingerprint density at radius 2 is 1.70 bits per heavy atom. The van der Waals surface area contributed by atoms with Crippen LogP contribution in [0.15, 0.2) is 100 Å². The number of fused-ring (bicyclic) bond motifs is 1. The number of amides is 1. The van der Waals surface area contributed by atoms with E-state index in [2.05, 4.69) is 26.8 Å². The molecular formula is C37H40BrN3O6. The lowest BCUT2D eigenvalue weighted by Gasteiger charge is -2.31. The van der Waals surface area contributed by atoms with Crippen LogP contribution in [0.1, 0.15) is 62.8 Å². The number of hydrazine groups is 1. The summed E-state index contributed by atoms with van der Waals surface area (Å²) in [4.78, 5) is 32.3. The molecule has 0 bridgehead atoms. The van der Waals surface area contributed by atoms with Crippen LogP contribution in [0.4, 0.5) is 0 Å². The van der Waals surface area contributed by atoms with Crippen molar-refractivity contribution in [2.45, 2.75) is 63.8 Å². The molecule has 3 N–H and O–H groups in total.